The highest BCUT2D eigenvalue weighted by molar-refractivity contribution is 5.96. The Morgan fingerprint density at radius 2 is 1.84 bits per heavy atom. The second-order valence-corrected chi connectivity index (χ2v) is 6.08. The van der Waals surface area contributed by atoms with Crippen molar-refractivity contribution in [3.8, 4) is 22.6 Å². The molecule has 124 valence electrons. The van der Waals surface area contributed by atoms with E-state index < -0.39 is 0 Å². The van der Waals surface area contributed by atoms with Gasteiger partial charge in [-0.2, -0.15) is 0 Å². The highest BCUT2D eigenvalue weighted by Gasteiger charge is 2.17. The first-order valence-corrected chi connectivity index (χ1v) is 8.20. The minimum atomic E-state index is -0.253. The van der Waals surface area contributed by atoms with Crippen molar-refractivity contribution in [2.45, 2.75) is 13.3 Å². The van der Waals surface area contributed by atoms with Crippen LogP contribution in [0.5, 0.6) is 0 Å². The third kappa shape index (κ3) is 2.66. The molecule has 2 heterocycles. The molecule has 0 bridgehead atoms. The molecule has 0 fully saturated rings. The molecule has 0 aliphatic carbocycles. The first-order valence-electron chi connectivity index (χ1n) is 8.20. The fourth-order valence-corrected chi connectivity index (χ4v) is 3.25. The van der Waals surface area contributed by atoms with Gasteiger partial charge >= 0.3 is 0 Å². The Kier molecular flexibility index (Phi) is 3.73. The zero-order chi connectivity index (χ0) is 17.4. The van der Waals surface area contributed by atoms with Crippen LogP contribution in [0.25, 0.3) is 33.5 Å². The van der Waals surface area contributed by atoms with E-state index >= 15 is 0 Å². The van der Waals surface area contributed by atoms with Crippen LogP contribution in [0, 0.1) is 12.7 Å². The molecule has 4 aromatic rings. The Labute approximate surface area is 145 Å². The van der Waals surface area contributed by atoms with Gasteiger partial charge in [0.15, 0.2) is 0 Å². The number of benzene rings is 2. The van der Waals surface area contributed by atoms with Gasteiger partial charge in [-0.05, 0) is 37.3 Å². The van der Waals surface area contributed by atoms with Gasteiger partial charge in [0.2, 0.25) is 0 Å². The van der Waals surface area contributed by atoms with E-state index in [0.717, 1.165) is 44.9 Å². The molecule has 2 aromatic heterocycles. The van der Waals surface area contributed by atoms with Crippen molar-refractivity contribution >= 4 is 10.9 Å². The number of aromatic nitrogens is 3. The number of fused-ring (bicyclic) bond motifs is 1. The van der Waals surface area contributed by atoms with Crippen molar-refractivity contribution in [3.05, 3.63) is 78.4 Å². The van der Waals surface area contributed by atoms with Crippen LogP contribution in [0.2, 0.25) is 0 Å². The number of nitrogens with zero attached hydrogens (tertiary/aromatic N) is 1. The van der Waals surface area contributed by atoms with E-state index in [1.165, 1.54) is 12.1 Å². The minimum absolute atomic E-state index is 0.253. The Hall–Kier alpha value is -3.14. The molecule has 0 spiro atoms. The number of allylic oxidation sites excluding steroid dienone is 1. The Morgan fingerprint density at radius 1 is 1.08 bits per heavy atom. The number of nitrogens with one attached hydrogen (secondary N) is 2. The van der Waals surface area contributed by atoms with Crippen LogP contribution < -0.4 is 0 Å². The van der Waals surface area contributed by atoms with Crippen molar-refractivity contribution in [2.75, 3.05) is 0 Å². The third-order valence-electron chi connectivity index (χ3n) is 4.38. The number of H-pyrrole nitrogens is 2. The zero-order valence-corrected chi connectivity index (χ0v) is 13.9. The monoisotopic (exact) mass is 331 g/mol. The fourth-order valence-electron chi connectivity index (χ4n) is 3.25. The SMILES string of the molecule is C=CCc1[nH]c(-c2c(C)[nH]c3ccccc23)nc1-c1ccc(F)cc1. The Balaban J connectivity index is 1.91. The first kappa shape index (κ1) is 15.4. The molecule has 0 aliphatic rings. The second kappa shape index (κ2) is 6.06. The molecule has 4 rings (SSSR count). The maximum absolute atomic E-state index is 13.3. The summed E-state index contributed by atoms with van der Waals surface area (Å²) < 4.78 is 13.3. The first-order chi connectivity index (χ1) is 12.2. The maximum Gasteiger partial charge on any atom is 0.140 e. The van der Waals surface area contributed by atoms with Crippen LogP contribution in [0.3, 0.4) is 0 Å². The molecule has 0 amide bonds. The number of hydrogen-bond donors (Lipinski definition) is 2. The number of imidazole rings is 1. The lowest BCUT2D eigenvalue weighted by Gasteiger charge is -2.00. The smallest absolute Gasteiger partial charge is 0.140 e. The predicted octanol–water partition coefficient (Wildman–Crippen LogP) is 5.40. The van der Waals surface area contributed by atoms with E-state index in [1.54, 1.807) is 12.1 Å². The highest BCUT2D eigenvalue weighted by Crippen LogP contribution is 2.33. The number of aromatic amines is 2. The number of aryl methyl sites for hydroxylation is 1. The lowest BCUT2D eigenvalue weighted by Crippen LogP contribution is -1.87. The van der Waals surface area contributed by atoms with Crippen molar-refractivity contribution in [1.82, 2.24) is 15.0 Å². The summed E-state index contributed by atoms with van der Waals surface area (Å²) in [5.41, 5.74) is 5.90. The predicted molar refractivity (Wildman–Crippen MR) is 99.9 cm³/mol. The molecule has 25 heavy (non-hydrogen) atoms. The van der Waals surface area contributed by atoms with Gasteiger partial charge in [0.05, 0.1) is 5.69 Å². The Bertz CT molecular complexity index is 1050. The second-order valence-electron chi connectivity index (χ2n) is 6.08. The topological polar surface area (TPSA) is 44.5 Å². The van der Waals surface area contributed by atoms with E-state index in [4.69, 9.17) is 4.98 Å². The molecular formula is C21H18FN3. The van der Waals surface area contributed by atoms with Crippen LogP contribution in [0.1, 0.15) is 11.4 Å². The number of para-hydroxylation sites is 1. The minimum Gasteiger partial charge on any atom is -0.358 e. The normalized spacial score (nSPS) is 11.1. The average Bonchev–Trinajstić information content (AvgIpc) is 3.16. The summed E-state index contributed by atoms with van der Waals surface area (Å²) in [5.74, 6) is 0.559. The quantitative estimate of drug-likeness (QED) is 0.483. The summed E-state index contributed by atoms with van der Waals surface area (Å²) in [4.78, 5) is 11.7. The molecule has 0 saturated heterocycles. The van der Waals surface area contributed by atoms with Gasteiger partial charge in [-0.1, -0.05) is 24.3 Å². The number of halogens is 1. The van der Waals surface area contributed by atoms with Crippen molar-refractivity contribution in [3.63, 3.8) is 0 Å². The van der Waals surface area contributed by atoms with Crippen molar-refractivity contribution in [2.24, 2.45) is 0 Å². The summed E-state index contributed by atoms with van der Waals surface area (Å²) in [6.07, 6.45) is 2.51. The van der Waals surface area contributed by atoms with E-state index in [1.807, 2.05) is 25.1 Å². The molecule has 2 N–H and O–H groups in total. The molecule has 0 aliphatic heterocycles. The molecule has 3 nitrogen and oxygen atoms in total. The maximum atomic E-state index is 13.3. The van der Waals surface area contributed by atoms with Crippen LogP contribution in [0.4, 0.5) is 4.39 Å². The summed E-state index contributed by atoms with van der Waals surface area (Å²) in [5, 5.41) is 1.13. The number of hydrogen-bond acceptors (Lipinski definition) is 1. The highest BCUT2D eigenvalue weighted by atomic mass is 19.1. The molecule has 2 aromatic carbocycles. The van der Waals surface area contributed by atoms with E-state index in [9.17, 15) is 4.39 Å². The molecule has 0 saturated carbocycles. The van der Waals surface area contributed by atoms with Gasteiger partial charge in [-0.3, -0.25) is 0 Å². The number of rotatable bonds is 4. The largest absolute Gasteiger partial charge is 0.358 e. The van der Waals surface area contributed by atoms with Gasteiger partial charge in [-0.25, -0.2) is 9.37 Å². The van der Waals surface area contributed by atoms with Crippen LogP contribution in [-0.2, 0) is 6.42 Å². The molecule has 0 atom stereocenters. The van der Waals surface area contributed by atoms with E-state index in [0.29, 0.717) is 6.42 Å². The summed E-state index contributed by atoms with van der Waals surface area (Å²) in [6, 6.07) is 14.6. The Morgan fingerprint density at radius 3 is 2.60 bits per heavy atom. The third-order valence-corrected chi connectivity index (χ3v) is 4.38. The van der Waals surface area contributed by atoms with Gasteiger partial charge < -0.3 is 9.97 Å². The van der Waals surface area contributed by atoms with Crippen molar-refractivity contribution < 1.29 is 4.39 Å². The standard InChI is InChI=1S/C21H18FN3/c1-3-6-18-20(14-9-11-15(22)12-10-14)25-21(24-18)19-13(2)23-17-8-5-4-7-16(17)19/h3-5,7-12,23H,1,6H2,2H3,(H,24,25). The molecule has 0 unspecified atom stereocenters. The van der Waals surface area contributed by atoms with Crippen LogP contribution in [0.15, 0.2) is 61.2 Å². The van der Waals surface area contributed by atoms with Crippen LogP contribution >= 0.6 is 0 Å². The zero-order valence-electron chi connectivity index (χ0n) is 13.9. The summed E-state index contributed by atoms with van der Waals surface area (Å²) >= 11 is 0. The van der Waals surface area contributed by atoms with Gasteiger partial charge in [0.25, 0.3) is 0 Å². The lowest BCUT2D eigenvalue weighted by atomic mass is 10.1. The average molecular weight is 331 g/mol. The van der Waals surface area contributed by atoms with E-state index in [2.05, 4.69) is 28.7 Å². The molecular weight excluding hydrogens is 313 g/mol. The molecule has 0 radical (unpaired) electrons. The van der Waals surface area contributed by atoms with Gasteiger partial charge in [0.1, 0.15) is 11.6 Å². The summed E-state index contributed by atoms with van der Waals surface area (Å²) in [7, 11) is 0. The van der Waals surface area contributed by atoms with Gasteiger partial charge in [0, 0.05) is 39.8 Å². The van der Waals surface area contributed by atoms with Crippen molar-refractivity contribution in [1.29, 1.82) is 0 Å². The van der Waals surface area contributed by atoms with Gasteiger partial charge in [-0.15, -0.1) is 6.58 Å². The summed E-state index contributed by atoms with van der Waals surface area (Å²) in [6.45, 7) is 5.87. The lowest BCUT2D eigenvalue weighted by molar-refractivity contribution is 0.628. The molecule has 4 heteroatoms. The van der Waals surface area contributed by atoms with E-state index in [-0.39, 0.29) is 5.82 Å². The fraction of sp³-hybridized carbons (Fsp3) is 0.0952. The van der Waals surface area contributed by atoms with Crippen LogP contribution in [-0.4, -0.2) is 15.0 Å².